The summed E-state index contributed by atoms with van der Waals surface area (Å²) in [6.07, 6.45) is 9.71. The molecule has 1 saturated carbocycles. The van der Waals surface area contributed by atoms with E-state index < -0.39 is 0 Å². The van der Waals surface area contributed by atoms with Crippen molar-refractivity contribution in [2.75, 3.05) is 7.05 Å². The first-order valence-electron chi connectivity index (χ1n) is 7.22. The zero-order valence-electron chi connectivity index (χ0n) is 11.6. The highest BCUT2D eigenvalue weighted by Crippen LogP contribution is 2.22. The van der Waals surface area contributed by atoms with E-state index in [0.29, 0.717) is 12.5 Å². The van der Waals surface area contributed by atoms with Crippen LogP contribution in [0.1, 0.15) is 44.1 Å². The highest BCUT2D eigenvalue weighted by atomic mass is 16.3. The third-order valence-corrected chi connectivity index (χ3v) is 4.13. The number of aromatic amines is 1. The molecule has 19 heavy (non-hydrogen) atoms. The van der Waals surface area contributed by atoms with Crippen LogP contribution in [-0.2, 0) is 11.2 Å². The Balaban J connectivity index is 1.70. The summed E-state index contributed by atoms with van der Waals surface area (Å²) in [4.78, 5) is 17.0. The Hall–Kier alpha value is -1.29. The van der Waals surface area contributed by atoms with Crippen LogP contribution in [0.15, 0.2) is 18.5 Å². The molecule has 106 valence electrons. The predicted octanol–water partition coefficient (Wildman–Crippen LogP) is 2.10. The molecule has 0 radical (unpaired) electrons. The molecule has 1 amide bonds. The van der Waals surface area contributed by atoms with E-state index >= 15 is 0 Å². The summed E-state index contributed by atoms with van der Waals surface area (Å²) in [5, 5.41) is 9.49. The number of rotatable bonds is 5. The van der Waals surface area contributed by atoms with Crippen LogP contribution in [0.5, 0.6) is 0 Å². The average molecular weight is 264 g/mol. The van der Waals surface area contributed by atoms with Gasteiger partial charge < -0.3 is 15.0 Å². The maximum absolute atomic E-state index is 12.1. The van der Waals surface area contributed by atoms with Crippen molar-refractivity contribution in [1.29, 1.82) is 0 Å². The Labute approximate surface area is 114 Å². The van der Waals surface area contributed by atoms with Crippen molar-refractivity contribution in [3.63, 3.8) is 0 Å². The molecule has 0 aromatic carbocycles. The molecule has 0 bridgehead atoms. The number of aliphatic hydroxyl groups excluding tert-OH is 1. The third kappa shape index (κ3) is 4.10. The molecule has 4 heteroatoms. The first kappa shape index (κ1) is 14.1. The maximum atomic E-state index is 12.1. The second-order valence-electron chi connectivity index (χ2n) is 5.54. The molecule has 0 atom stereocenters. The lowest BCUT2D eigenvalue weighted by molar-refractivity contribution is -0.133. The molecule has 2 N–H and O–H groups in total. The molecule has 0 spiro atoms. The lowest BCUT2D eigenvalue weighted by Crippen LogP contribution is -2.40. The molecule has 1 aromatic rings. The van der Waals surface area contributed by atoms with Gasteiger partial charge in [0, 0.05) is 31.9 Å². The zero-order chi connectivity index (χ0) is 13.7. The topological polar surface area (TPSA) is 56.3 Å². The monoisotopic (exact) mass is 264 g/mol. The third-order valence-electron chi connectivity index (χ3n) is 4.13. The van der Waals surface area contributed by atoms with E-state index in [0.717, 1.165) is 38.5 Å². The van der Waals surface area contributed by atoms with Crippen LogP contribution in [0.3, 0.4) is 0 Å². The Kier molecular flexibility index (Phi) is 5.02. The van der Waals surface area contributed by atoms with Crippen molar-refractivity contribution >= 4 is 5.91 Å². The van der Waals surface area contributed by atoms with Crippen LogP contribution in [0.2, 0.25) is 0 Å². The lowest BCUT2D eigenvalue weighted by atomic mass is 9.92. The molecular formula is C15H24N2O2. The van der Waals surface area contributed by atoms with Gasteiger partial charge in [-0.05, 0) is 50.2 Å². The number of aromatic nitrogens is 1. The highest BCUT2D eigenvalue weighted by molar-refractivity contribution is 5.76. The number of hydrogen-bond acceptors (Lipinski definition) is 2. The number of aryl methyl sites for hydroxylation is 1. The predicted molar refractivity (Wildman–Crippen MR) is 74.8 cm³/mol. The molecule has 1 aromatic heterocycles. The van der Waals surface area contributed by atoms with E-state index in [4.69, 9.17) is 0 Å². The molecule has 2 rings (SSSR count). The Morgan fingerprint density at radius 3 is 2.79 bits per heavy atom. The van der Waals surface area contributed by atoms with E-state index in [1.54, 1.807) is 0 Å². The summed E-state index contributed by atoms with van der Waals surface area (Å²) in [6, 6.07) is 2.37. The Morgan fingerprint density at radius 2 is 2.16 bits per heavy atom. The molecule has 0 aliphatic heterocycles. The molecular weight excluding hydrogens is 240 g/mol. The van der Waals surface area contributed by atoms with Crippen molar-refractivity contribution in [2.24, 2.45) is 0 Å². The van der Waals surface area contributed by atoms with Crippen molar-refractivity contribution in [2.45, 2.75) is 57.1 Å². The lowest BCUT2D eigenvalue weighted by Gasteiger charge is -2.33. The van der Waals surface area contributed by atoms with Gasteiger partial charge in [-0.3, -0.25) is 4.79 Å². The van der Waals surface area contributed by atoms with E-state index in [1.165, 1.54) is 5.56 Å². The number of aliphatic hydroxyl groups is 1. The number of nitrogens with one attached hydrogen (secondary N) is 1. The Morgan fingerprint density at radius 1 is 1.42 bits per heavy atom. The summed E-state index contributed by atoms with van der Waals surface area (Å²) < 4.78 is 0. The van der Waals surface area contributed by atoms with Crippen LogP contribution in [0, 0.1) is 0 Å². The van der Waals surface area contributed by atoms with Gasteiger partial charge in [-0.1, -0.05) is 0 Å². The van der Waals surface area contributed by atoms with Gasteiger partial charge in [-0.15, -0.1) is 0 Å². The van der Waals surface area contributed by atoms with Gasteiger partial charge in [0.25, 0.3) is 0 Å². The number of carbonyl (C=O) groups excluding carboxylic acids is 1. The second-order valence-corrected chi connectivity index (χ2v) is 5.54. The van der Waals surface area contributed by atoms with Crippen molar-refractivity contribution in [1.82, 2.24) is 9.88 Å². The van der Waals surface area contributed by atoms with Gasteiger partial charge in [0.2, 0.25) is 5.91 Å². The van der Waals surface area contributed by atoms with Crippen LogP contribution < -0.4 is 0 Å². The van der Waals surface area contributed by atoms with Gasteiger partial charge in [-0.2, -0.15) is 0 Å². The molecule has 4 nitrogen and oxygen atoms in total. The summed E-state index contributed by atoms with van der Waals surface area (Å²) in [5.74, 6) is 0.233. The number of carbonyl (C=O) groups is 1. The standard InChI is InChI=1S/C15H24N2O2/c1-17(13-5-7-14(18)8-6-13)15(19)4-2-3-12-9-10-16-11-12/h9-11,13-14,16,18H,2-8H2,1H3. The zero-order valence-corrected chi connectivity index (χ0v) is 11.6. The number of hydrogen-bond donors (Lipinski definition) is 2. The minimum atomic E-state index is -0.159. The SMILES string of the molecule is CN(C(=O)CCCc1cc[nH]c1)C1CCC(O)CC1. The van der Waals surface area contributed by atoms with Gasteiger partial charge in [-0.25, -0.2) is 0 Å². The fourth-order valence-electron chi connectivity index (χ4n) is 2.78. The van der Waals surface area contributed by atoms with Crippen LogP contribution in [-0.4, -0.2) is 40.1 Å². The van der Waals surface area contributed by atoms with E-state index in [9.17, 15) is 9.90 Å². The largest absolute Gasteiger partial charge is 0.393 e. The van der Waals surface area contributed by atoms with E-state index in [1.807, 2.05) is 24.3 Å². The number of H-pyrrole nitrogens is 1. The fourth-order valence-corrected chi connectivity index (χ4v) is 2.78. The maximum Gasteiger partial charge on any atom is 0.222 e. The van der Waals surface area contributed by atoms with Crippen molar-refractivity contribution < 1.29 is 9.90 Å². The van der Waals surface area contributed by atoms with Crippen LogP contribution in [0.4, 0.5) is 0 Å². The smallest absolute Gasteiger partial charge is 0.222 e. The summed E-state index contributed by atoms with van der Waals surface area (Å²) in [6.45, 7) is 0. The number of nitrogens with zero attached hydrogens (tertiary/aromatic N) is 1. The molecule has 1 aliphatic carbocycles. The molecule has 0 unspecified atom stereocenters. The van der Waals surface area contributed by atoms with Gasteiger partial charge in [0.05, 0.1) is 6.10 Å². The van der Waals surface area contributed by atoms with Crippen molar-refractivity contribution in [3.05, 3.63) is 24.0 Å². The molecule has 0 saturated heterocycles. The minimum Gasteiger partial charge on any atom is -0.393 e. The van der Waals surface area contributed by atoms with Gasteiger partial charge >= 0.3 is 0 Å². The van der Waals surface area contributed by atoms with Crippen molar-refractivity contribution in [3.8, 4) is 0 Å². The molecule has 1 aliphatic rings. The second kappa shape index (κ2) is 6.75. The fraction of sp³-hybridized carbons (Fsp3) is 0.667. The number of amides is 1. The average Bonchev–Trinajstić information content (AvgIpc) is 2.92. The quantitative estimate of drug-likeness (QED) is 0.855. The van der Waals surface area contributed by atoms with Gasteiger partial charge in [0.1, 0.15) is 0 Å². The van der Waals surface area contributed by atoms with Crippen LogP contribution in [0.25, 0.3) is 0 Å². The van der Waals surface area contributed by atoms with E-state index in [2.05, 4.69) is 11.1 Å². The molecule has 1 heterocycles. The summed E-state index contributed by atoms with van der Waals surface area (Å²) in [7, 11) is 1.90. The van der Waals surface area contributed by atoms with E-state index in [-0.39, 0.29) is 12.0 Å². The normalized spacial score (nSPS) is 23.3. The Bertz CT molecular complexity index is 381. The van der Waals surface area contributed by atoms with Crippen LogP contribution >= 0.6 is 0 Å². The van der Waals surface area contributed by atoms with Gasteiger partial charge in [0.15, 0.2) is 0 Å². The summed E-state index contributed by atoms with van der Waals surface area (Å²) in [5.41, 5.74) is 1.26. The molecule has 1 fully saturated rings. The first-order valence-corrected chi connectivity index (χ1v) is 7.22. The summed E-state index contributed by atoms with van der Waals surface area (Å²) >= 11 is 0. The highest BCUT2D eigenvalue weighted by Gasteiger charge is 2.25. The minimum absolute atomic E-state index is 0.159. The first-order chi connectivity index (χ1) is 9.16.